The number of carbonyl (C=O) groups is 1. The predicted molar refractivity (Wildman–Crippen MR) is 83.7 cm³/mol. The van der Waals surface area contributed by atoms with Gasteiger partial charge in [-0.1, -0.05) is 24.1 Å². The number of halogens is 1. The van der Waals surface area contributed by atoms with Crippen LogP contribution < -0.4 is 5.32 Å². The van der Waals surface area contributed by atoms with E-state index in [-0.39, 0.29) is 12.0 Å². The number of hydrogen-bond donors (Lipinski definition) is 1. The Morgan fingerprint density at radius 1 is 1.43 bits per heavy atom. The van der Waals surface area contributed by atoms with Gasteiger partial charge in [0.05, 0.1) is 7.11 Å². The van der Waals surface area contributed by atoms with Crippen LogP contribution in [0.4, 0.5) is 5.69 Å². The maximum Gasteiger partial charge on any atom is 0.333 e. The number of nitrogens with one attached hydrogen (secondary N) is 1. The van der Waals surface area contributed by atoms with Gasteiger partial charge in [0.25, 0.3) is 0 Å². The van der Waals surface area contributed by atoms with Gasteiger partial charge in [-0.25, -0.2) is 4.79 Å². The summed E-state index contributed by atoms with van der Waals surface area (Å²) >= 11 is 6.06. The van der Waals surface area contributed by atoms with Crippen LogP contribution in [0.3, 0.4) is 0 Å². The molecule has 5 heteroatoms. The van der Waals surface area contributed by atoms with Crippen LogP contribution in [0.1, 0.15) is 25.7 Å². The molecule has 3 rings (SSSR count). The zero-order chi connectivity index (χ0) is 14.9. The van der Waals surface area contributed by atoms with Crippen molar-refractivity contribution in [2.45, 2.75) is 37.3 Å². The Balaban J connectivity index is 1.92. The molecular formula is C16H21ClN2O2. The van der Waals surface area contributed by atoms with Crippen LogP contribution in [-0.4, -0.2) is 42.6 Å². The molecule has 2 atom stereocenters. The summed E-state index contributed by atoms with van der Waals surface area (Å²) < 4.78 is 5.13. The third-order valence-electron chi connectivity index (χ3n) is 4.72. The molecule has 1 N–H and O–H groups in total. The summed E-state index contributed by atoms with van der Waals surface area (Å²) in [5.41, 5.74) is 0.222. The molecule has 2 aliphatic rings. The first-order valence-corrected chi connectivity index (χ1v) is 7.90. The first-order valence-electron chi connectivity index (χ1n) is 7.52. The van der Waals surface area contributed by atoms with E-state index in [1.165, 1.54) is 13.5 Å². The molecule has 2 aliphatic heterocycles. The molecule has 0 bridgehead atoms. The van der Waals surface area contributed by atoms with Gasteiger partial charge in [0.15, 0.2) is 5.54 Å². The second-order valence-electron chi connectivity index (χ2n) is 5.90. The standard InChI is InChI=1S/C16H21ClN2O2/c1-21-15(20)16(18-13-6-4-5-12(17)11-13)8-10-19-9-3-2-7-14(16)19/h4-6,11,14,18H,2-3,7-10H2,1H3. The van der Waals surface area contributed by atoms with Crippen LogP contribution >= 0.6 is 11.6 Å². The highest BCUT2D eigenvalue weighted by atomic mass is 35.5. The van der Waals surface area contributed by atoms with E-state index in [4.69, 9.17) is 16.3 Å². The minimum absolute atomic E-state index is 0.170. The van der Waals surface area contributed by atoms with E-state index in [0.29, 0.717) is 5.02 Å². The molecule has 0 aliphatic carbocycles. The number of fused-ring (bicyclic) bond motifs is 1. The fourth-order valence-electron chi connectivity index (χ4n) is 3.74. The van der Waals surface area contributed by atoms with E-state index >= 15 is 0 Å². The van der Waals surface area contributed by atoms with Crippen molar-refractivity contribution in [1.29, 1.82) is 0 Å². The van der Waals surface area contributed by atoms with Gasteiger partial charge in [0, 0.05) is 23.3 Å². The molecular weight excluding hydrogens is 288 g/mol. The number of piperidine rings is 1. The number of anilines is 1. The van der Waals surface area contributed by atoms with Crippen LogP contribution in [0.2, 0.25) is 5.02 Å². The normalized spacial score (nSPS) is 29.0. The van der Waals surface area contributed by atoms with E-state index in [1.54, 1.807) is 0 Å². The van der Waals surface area contributed by atoms with E-state index in [0.717, 1.165) is 38.0 Å². The summed E-state index contributed by atoms with van der Waals surface area (Å²) in [5, 5.41) is 4.11. The topological polar surface area (TPSA) is 41.6 Å². The van der Waals surface area contributed by atoms with Crippen molar-refractivity contribution in [2.24, 2.45) is 0 Å². The SMILES string of the molecule is COC(=O)C1(Nc2cccc(Cl)c2)CCN2CCCCC21. The van der Waals surface area contributed by atoms with E-state index in [2.05, 4.69) is 10.2 Å². The van der Waals surface area contributed by atoms with Gasteiger partial charge in [-0.3, -0.25) is 4.90 Å². The van der Waals surface area contributed by atoms with Crippen LogP contribution in [-0.2, 0) is 9.53 Å². The van der Waals surface area contributed by atoms with Gasteiger partial charge in [-0.15, -0.1) is 0 Å². The molecule has 21 heavy (non-hydrogen) atoms. The third kappa shape index (κ3) is 2.62. The van der Waals surface area contributed by atoms with Crippen molar-refractivity contribution >= 4 is 23.3 Å². The van der Waals surface area contributed by atoms with Gasteiger partial charge < -0.3 is 10.1 Å². The fraction of sp³-hybridized carbons (Fsp3) is 0.562. The monoisotopic (exact) mass is 308 g/mol. The largest absolute Gasteiger partial charge is 0.467 e. The van der Waals surface area contributed by atoms with Crippen LogP contribution in [0.5, 0.6) is 0 Å². The van der Waals surface area contributed by atoms with Crippen LogP contribution in [0, 0.1) is 0 Å². The lowest BCUT2D eigenvalue weighted by molar-refractivity contribution is -0.147. The molecule has 0 amide bonds. The van der Waals surface area contributed by atoms with Crippen molar-refractivity contribution < 1.29 is 9.53 Å². The number of ether oxygens (including phenoxy) is 1. The lowest BCUT2D eigenvalue weighted by Gasteiger charge is -2.39. The van der Waals surface area contributed by atoms with Gasteiger partial charge in [-0.2, -0.15) is 0 Å². The van der Waals surface area contributed by atoms with E-state index in [9.17, 15) is 4.79 Å². The molecule has 4 nitrogen and oxygen atoms in total. The summed E-state index contributed by atoms with van der Waals surface area (Å²) in [6, 6.07) is 7.74. The van der Waals surface area contributed by atoms with Crippen LogP contribution in [0.15, 0.2) is 24.3 Å². The number of methoxy groups -OCH3 is 1. The first-order chi connectivity index (χ1) is 10.2. The Bertz CT molecular complexity index is 537. The summed E-state index contributed by atoms with van der Waals surface area (Å²) in [7, 11) is 1.47. The quantitative estimate of drug-likeness (QED) is 0.872. The number of rotatable bonds is 3. The molecule has 0 radical (unpaired) electrons. The minimum atomic E-state index is -0.653. The number of benzene rings is 1. The molecule has 0 spiro atoms. The zero-order valence-corrected chi connectivity index (χ0v) is 13.0. The zero-order valence-electron chi connectivity index (χ0n) is 12.3. The molecule has 2 saturated heterocycles. The second kappa shape index (κ2) is 5.85. The maximum absolute atomic E-state index is 12.5. The van der Waals surface area contributed by atoms with Crippen molar-refractivity contribution in [1.82, 2.24) is 4.90 Å². The summed E-state index contributed by atoms with van der Waals surface area (Å²) in [6.07, 6.45) is 4.18. The van der Waals surface area contributed by atoms with Gasteiger partial charge in [0.1, 0.15) is 0 Å². The molecule has 1 aromatic rings. The minimum Gasteiger partial charge on any atom is -0.467 e. The highest BCUT2D eigenvalue weighted by Crippen LogP contribution is 2.38. The average Bonchev–Trinajstić information content (AvgIpc) is 2.87. The summed E-state index contributed by atoms with van der Waals surface area (Å²) in [4.78, 5) is 15.0. The fourth-order valence-corrected chi connectivity index (χ4v) is 3.93. The smallest absolute Gasteiger partial charge is 0.333 e. The Hall–Kier alpha value is -1.26. The van der Waals surface area contributed by atoms with Gasteiger partial charge in [0.2, 0.25) is 0 Å². The lowest BCUT2D eigenvalue weighted by Crippen LogP contribution is -2.57. The highest BCUT2D eigenvalue weighted by molar-refractivity contribution is 6.30. The Labute approximate surface area is 130 Å². The number of hydrogen-bond acceptors (Lipinski definition) is 4. The Morgan fingerprint density at radius 3 is 3.05 bits per heavy atom. The molecule has 1 aromatic carbocycles. The number of nitrogens with zero attached hydrogens (tertiary/aromatic N) is 1. The predicted octanol–water partition coefficient (Wildman–Crippen LogP) is 2.92. The Kier molecular flexibility index (Phi) is 4.09. The van der Waals surface area contributed by atoms with E-state index < -0.39 is 5.54 Å². The van der Waals surface area contributed by atoms with Gasteiger partial charge >= 0.3 is 5.97 Å². The van der Waals surface area contributed by atoms with E-state index in [1.807, 2.05) is 24.3 Å². The van der Waals surface area contributed by atoms with Crippen molar-refractivity contribution in [3.05, 3.63) is 29.3 Å². The van der Waals surface area contributed by atoms with Crippen LogP contribution in [0.25, 0.3) is 0 Å². The second-order valence-corrected chi connectivity index (χ2v) is 6.33. The molecule has 0 aromatic heterocycles. The average molecular weight is 309 g/mol. The molecule has 0 saturated carbocycles. The highest BCUT2D eigenvalue weighted by Gasteiger charge is 2.54. The number of carbonyl (C=O) groups excluding carboxylic acids is 1. The molecule has 114 valence electrons. The Morgan fingerprint density at radius 2 is 2.29 bits per heavy atom. The van der Waals surface area contributed by atoms with Crippen molar-refractivity contribution in [3.63, 3.8) is 0 Å². The molecule has 2 fully saturated rings. The maximum atomic E-state index is 12.5. The van der Waals surface area contributed by atoms with Gasteiger partial charge in [-0.05, 0) is 44.0 Å². The summed E-state index contributed by atoms with van der Waals surface area (Å²) in [5.74, 6) is -0.170. The van der Waals surface area contributed by atoms with Crippen molar-refractivity contribution in [2.75, 3.05) is 25.5 Å². The lowest BCUT2D eigenvalue weighted by atomic mass is 9.85. The summed E-state index contributed by atoms with van der Waals surface area (Å²) in [6.45, 7) is 2.01. The third-order valence-corrected chi connectivity index (χ3v) is 4.95. The molecule has 2 heterocycles. The molecule has 2 unspecified atom stereocenters. The first kappa shape index (κ1) is 14.7. The van der Waals surface area contributed by atoms with Crippen molar-refractivity contribution in [3.8, 4) is 0 Å². The number of esters is 1.